The maximum absolute atomic E-state index is 12.1. The van der Waals surface area contributed by atoms with Gasteiger partial charge in [-0.2, -0.15) is 0 Å². The topological polar surface area (TPSA) is 52.6 Å². The molecule has 1 aliphatic rings. The van der Waals surface area contributed by atoms with Gasteiger partial charge in [0.1, 0.15) is 0 Å². The highest BCUT2D eigenvalue weighted by Crippen LogP contribution is 2.20. The average molecular weight is 311 g/mol. The fourth-order valence-electron chi connectivity index (χ4n) is 2.57. The van der Waals surface area contributed by atoms with Crippen molar-refractivity contribution in [3.05, 3.63) is 34.3 Å². The number of aryl methyl sites for hydroxylation is 1. The Morgan fingerprint density at radius 2 is 2.14 bits per heavy atom. The lowest BCUT2D eigenvalue weighted by Crippen LogP contribution is -2.37. The summed E-state index contributed by atoms with van der Waals surface area (Å²) in [4.78, 5) is 14.4. The Morgan fingerprint density at radius 3 is 2.86 bits per heavy atom. The van der Waals surface area contributed by atoms with Crippen molar-refractivity contribution in [3.63, 3.8) is 0 Å². The second kappa shape index (κ2) is 7.78. The van der Waals surface area contributed by atoms with Gasteiger partial charge < -0.3 is 15.3 Å². The first-order valence-corrected chi connectivity index (χ1v) is 7.89. The minimum atomic E-state index is -0.135. The Balaban J connectivity index is 1.71. The molecule has 0 aromatic heterocycles. The molecule has 0 aliphatic carbocycles. The first-order chi connectivity index (χ1) is 10.1. The number of halogens is 1. The number of nitrogens with zero attached hydrogens (tertiary/aromatic N) is 1. The predicted octanol–water partition coefficient (Wildman–Crippen LogP) is 2.23. The number of hydrogen-bond acceptors (Lipinski definition) is 3. The van der Waals surface area contributed by atoms with Crippen LogP contribution in [-0.4, -0.2) is 48.2 Å². The van der Waals surface area contributed by atoms with Gasteiger partial charge in [-0.3, -0.25) is 4.79 Å². The smallest absolute Gasteiger partial charge is 0.252 e. The normalized spacial score (nSPS) is 16.9. The van der Waals surface area contributed by atoms with Gasteiger partial charge in [0.05, 0.1) is 16.7 Å². The van der Waals surface area contributed by atoms with Crippen LogP contribution in [0.3, 0.4) is 0 Å². The Kier molecular flexibility index (Phi) is 6.03. The molecule has 4 nitrogen and oxygen atoms in total. The monoisotopic (exact) mass is 310 g/mol. The molecule has 0 unspecified atom stereocenters. The molecular formula is C16H23ClN2O2. The summed E-state index contributed by atoms with van der Waals surface area (Å²) in [5.74, 6) is -0.113. The zero-order valence-electron chi connectivity index (χ0n) is 12.4. The number of aliphatic hydroxyl groups is 1. The number of piperidine rings is 1. The zero-order valence-corrected chi connectivity index (χ0v) is 13.2. The lowest BCUT2D eigenvalue weighted by Gasteiger charge is -2.29. The Morgan fingerprint density at radius 1 is 1.43 bits per heavy atom. The van der Waals surface area contributed by atoms with Crippen molar-refractivity contribution < 1.29 is 9.90 Å². The second-order valence-corrected chi connectivity index (χ2v) is 6.00. The molecule has 5 heteroatoms. The lowest BCUT2D eigenvalue weighted by molar-refractivity contribution is 0.0816. The number of carbonyl (C=O) groups excluding carboxylic acids is 1. The Labute approximate surface area is 131 Å². The first kappa shape index (κ1) is 16.3. The number of hydrogen-bond donors (Lipinski definition) is 2. The van der Waals surface area contributed by atoms with Crippen LogP contribution in [0.25, 0.3) is 0 Å². The molecule has 1 amide bonds. The number of nitrogens with one attached hydrogen (secondary N) is 1. The van der Waals surface area contributed by atoms with Crippen molar-refractivity contribution in [2.24, 2.45) is 0 Å². The number of benzene rings is 1. The number of rotatable bonds is 5. The van der Waals surface area contributed by atoms with E-state index in [0.717, 1.165) is 44.5 Å². The van der Waals surface area contributed by atoms with Crippen LogP contribution in [0.4, 0.5) is 0 Å². The van der Waals surface area contributed by atoms with Gasteiger partial charge in [0.25, 0.3) is 5.91 Å². The minimum absolute atomic E-state index is 0.113. The van der Waals surface area contributed by atoms with Gasteiger partial charge in [0, 0.05) is 19.6 Å². The molecule has 21 heavy (non-hydrogen) atoms. The van der Waals surface area contributed by atoms with E-state index in [2.05, 4.69) is 10.2 Å². The van der Waals surface area contributed by atoms with Crippen molar-refractivity contribution in [1.29, 1.82) is 0 Å². The summed E-state index contributed by atoms with van der Waals surface area (Å²) >= 11 is 6.14. The summed E-state index contributed by atoms with van der Waals surface area (Å²) in [6.45, 7) is 5.37. The largest absolute Gasteiger partial charge is 0.393 e. The fraction of sp³-hybridized carbons (Fsp3) is 0.562. The predicted molar refractivity (Wildman–Crippen MR) is 84.8 cm³/mol. The molecule has 116 valence electrons. The Hall–Kier alpha value is -1.10. The standard InChI is InChI=1S/C16H23ClN2O2/c1-12-4-2-5-14(15(12)17)16(21)18-8-3-9-19-10-6-13(20)7-11-19/h2,4-5,13,20H,3,6-11H2,1H3,(H,18,21). The molecule has 0 bridgehead atoms. The van der Waals surface area contributed by atoms with E-state index in [1.807, 2.05) is 19.1 Å². The minimum Gasteiger partial charge on any atom is -0.393 e. The highest BCUT2D eigenvalue weighted by Gasteiger charge is 2.16. The summed E-state index contributed by atoms with van der Waals surface area (Å²) in [6.07, 6.45) is 2.48. The van der Waals surface area contributed by atoms with E-state index < -0.39 is 0 Å². The SMILES string of the molecule is Cc1cccc(C(=O)NCCCN2CCC(O)CC2)c1Cl. The Bertz CT molecular complexity index is 485. The van der Waals surface area contributed by atoms with E-state index in [1.54, 1.807) is 6.07 Å². The summed E-state index contributed by atoms with van der Waals surface area (Å²) in [5.41, 5.74) is 1.45. The van der Waals surface area contributed by atoms with E-state index in [1.165, 1.54) is 0 Å². The highest BCUT2D eigenvalue weighted by molar-refractivity contribution is 6.34. The van der Waals surface area contributed by atoms with E-state index >= 15 is 0 Å². The van der Waals surface area contributed by atoms with Crippen LogP contribution >= 0.6 is 11.6 Å². The van der Waals surface area contributed by atoms with Crippen LogP contribution in [0.5, 0.6) is 0 Å². The van der Waals surface area contributed by atoms with Crippen LogP contribution in [0.15, 0.2) is 18.2 Å². The average Bonchev–Trinajstić information content (AvgIpc) is 2.48. The van der Waals surface area contributed by atoms with E-state index in [4.69, 9.17) is 11.6 Å². The second-order valence-electron chi connectivity index (χ2n) is 5.62. The van der Waals surface area contributed by atoms with Gasteiger partial charge >= 0.3 is 0 Å². The van der Waals surface area contributed by atoms with Gasteiger partial charge in [0.15, 0.2) is 0 Å². The van der Waals surface area contributed by atoms with E-state index in [0.29, 0.717) is 17.1 Å². The number of carbonyl (C=O) groups is 1. The molecule has 1 aromatic rings. The zero-order chi connectivity index (χ0) is 15.2. The molecule has 2 rings (SSSR count). The number of amides is 1. The first-order valence-electron chi connectivity index (χ1n) is 7.51. The third-order valence-corrected chi connectivity index (χ3v) is 4.43. The molecule has 0 atom stereocenters. The van der Waals surface area contributed by atoms with Crippen molar-refractivity contribution in [2.45, 2.75) is 32.3 Å². The molecule has 1 fully saturated rings. The lowest BCUT2D eigenvalue weighted by atomic mass is 10.1. The number of likely N-dealkylation sites (tertiary alicyclic amines) is 1. The molecule has 0 spiro atoms. The molecule has 1 aliphatic heterocycles. The summed E-state index contributed by atoms with van der Waals surface area (Å²) in [6, 6.07) is 5.48. The molecule has 0 radical (unpaired) electrons. The van der Waals surface area contributed by atoms with Crippen molar-refractivity contribution in [2.75, 3.05) is 26.2 Å². The molecule has 1 heterocycles. The third-order valence-electron chi connectivity index (χ3n) is 3.93. The molecule has 2 N–H and O–H groups in total. The summed E-state index contributed by atoms with van der Waals surface area (Å²) < 4.78 is 0. The van der Waals surface area contributed by atoms with Crippen LogP contribution in [0.2, 0.25) is 5.02 Å². The van der Waals surface area contributed by atoms with E-state index in [9.17, 15) is 9.90 Å². The van der Waals surface area contributed by atoms with Crippen LogP contribution in [-0.2, 0) is 0 Å². The molecule has 0 saturated carbocycles. The highest BCUT2D eigenvalue weighted by atomic mass is 35.5. The van der Waals surface area contributed by atoms with Gasteiger partial charge in [-0.25, -0.2) is 0 Å². The van der Waals surface area contributed by atoms with Gasteiger partial charge in [0.2, 0.25) is 0 Å². The van der Waals surface area contributed by atoms with Crippen LogP contribution in [0.1, 0.15) is 35.2 Å². The van der Waals surface area contributed by atoms with Crippen LogP contribution < -0.4 is 5.32 Å². The van der Waals surface area contributed by atoms with E-state index in [-0.39, 0.29) is 12.0 Å². The van der Waals surface area contributed by atoms with Gasteiger partial charge in [-0.15, -0.1) is 0 Å². The van der Waals surface area contributed by atoms with Crippen molar-refractivity contribution >= 4 is 17.5 Å². The summed E-state index contributed by atoms with van der Waals surface area (Å²) in [5, 5.41) is 12.9. The molecular weight excluding hydrogens is 288 g/mol. The summed E-state index contributed by atoms with van der Waals surface area (Å²) in [7, 11) is 0. The maximum Gasteiger partial charge on any atom is 0.252 e. The van der Waals surface area contributed by atoms with Crippen molar-refractivity contribution in [3.8, 4) is 0 Å². The molecule has 1 saturated heterocycles. The van der Waals surface area contributed by atoms with Gasteiger partial charge in [-0.05, 0) is 44.4 Å². The van der Waals surface area contributed by atoms with Crippen molar-refractivity contribution in [1.82, 2.24) is 10.2 Å². The fourth-order valence-corrected chi connectivity index (χ4v) is 2.78. The quantitative estimate of drug-likeness (QED) is 0.820. The van der Waals surface area contributed by atoms with Gasteiger partial charge in [-0.1, -0.05) is 23.7 Å². The molecule has 1 aromatic carbocycles. The third kappa shape index (κ3) is 4.70. The number of aliphatic hydroxyl groups excluding tert-OH is 1. The van der Waals surface area contributed by atoms with Crippen LogP contribution in [0, 0.1) is 6.92 Å². The maximum atomic E-state index is 12.1.